The third kappa shape index (κ3) is 2.76. The van der Waals surface area contributed by atoms with Gasteiger partial charge < -0.3 is 5.73 Å². The van der Waals surface area contributed by atoms with Crippen molar-refractivity contribution in [2.45, 2.75) is 13.8 Å². The number of benzene rings is 2. The molecule has 86 valence electrons. The Morgan fingerprint density at radius 2 is 1.65 bits per heavy atom. The largest absolute Gasteiger partial charge is 0.398 e. The Kier molecular flexibility index (Phi) is 3.29. The zero-order valence-corrected chi connectivity index (χ0v) is 10.3. The van der Waals surface area contributed by atoms with E-state index in [0.717, 1.165) is 11.3 Å². The molecule has 2 aromatic carbocycles. The van der Waals surface area contributed by atoms with Crippen LogP contribution in [0, 0.1) is 13.8 Å². The van der Waals surface area contributed by atoms with Crippen LogP contribution in [-0.2, 0) is 0 Å². The summed E-state index contributed by atoms with van der Waals surface area (Å²) in [6, 6.07) is 14.4. The van der Waals surface area contributed by atoms with Crippen molar-refractivity contribution in [1.29, 1.82) is 0 Å². The van der Waals surface area contributed by atoms with Crippen molar-refractivity contribution in [1.82, 2.24) is 0 Å². The Bertz CT molecular complexity index is 516. The van der Waals surface area contributed by atoms with Crippen LogP contribution < -0.4 is 5.73 Å². The molecule has 0 aliphatic carbocycles. The fourth-order valence-corrected chi connectivity index (χ4v) is 1.98. The molecule has 0 radical (unpaired) electrons. The molecule has 0 saturated heterocycles. The highest BCUT2D eigenvalue weighted by Crippen LogP contribution is 2.21. The van der Waals surface area contributed by atoms with Crippen LogP contribution in [0.3, 0.4) is 0 Å². The number of hydrogen-bond acceptors (Lipinski definition) is 1. The molecule has 0 amide bonds. The standard InChI is InChI=1S/C16H17N/c1-12-10-13(2)15(16(17)11-12)9-8-14-6-4-3-5-7-14/h3-11H,17H2,1-2H3. The number of nitrogens with two attached hydrogens (primary N) is 1. The third-order valence-electron chi connectivity index (χ3n) is 2.81. The van der Waals surface area contributed by atoms with Crippen LogP contribution in [-0.4, -0.2) is 0 Å². The van der Waals surface area contributed by atoms with Crippen molar-refractivity contribution in [2.24, 2.45) is 0 Å². The molecule has 2 rings (SSSR count). The average Bonchev–Trinajstić information content (AvgIpc) is 2.29. The molecule has 0 unspecified atom stereocenters. The minimum Gasteiger partial charge on any atom is -0.398 e. The third-order valence-corrected chi connectivity index (χ3v) is 2.81. The molecule has 0 bridgehead atoms. The topological polar surface area (TPSA) is 26.0 Å². The monoisotopic (exact) mass is 223 g/mol. The maximum atomic E-state index is 6.04. The molecular formula is C16H17N. The van der Waals surface area contributed by atoms with E-state index >= 15 is 0 Å². The Labute approximate surface area is 103 Å². The van der Waals surface area contributed by atoms with Crippen LogP contribution in [0.25, 0.3) is 12.2 Å². The lowest BCUT2D eigenvalue weighted by atomic mass is 10.0. The van der Waals surface area contributed by atoms with Crippen molar-refractivity contribution in [3.05, 3.63) is 64.7 Å². The van der Waals surface area contributed by atoms with Crippen molar-refractivity contribution in [3.63, 3.8) is 0 Å². The summed E-state index contributed by atoms with van der Waals surface area (Å²) in [6.45, 7) is 4.15. The lowest BCUT2D eigenvalue weighted by Crippen LogP contribution is -1.93. The molecule has 0 aliphatic rings. The van der Waals surface area contributed by atoms with Gasteiger partial charge in [0.05, 0.1) is 0 Å². The summed E-state index contributed by atoms with van der Waals surface area (Å²) in [5.41, 5.74) is 11.6. The molecule has 0 fully saturated rings. The zero-order chi connectivity index (χ0) is 12.3. The average molecular weight is 223 g/mol. The first-order valence-electron chi connectivity index (χ1n) is 5.76. The van der Waals surface area contributed by atoms with Crippen LogP contribution in [0.15, 0.2) is 42.5 Å². The van der Waals surface area contributed by atoms with E-state index in [9.17, 15) is 0 Å². The van der Waals surface area contributed by atoms with Gasteiger partial charge in [-0.1, -0.05) is 48.6 Å². The smallest absolute Gasteiger partial charge is 0.0392 e. The summed E-state index contributed by atoms with van der Waals surface area (Å²) in [7, 11) is 0. The predicted octanol–water partition coefficient (Wildman–Crippen LogP) is 4.06. The van der Waals surface area contributed by atoms with E-state index in [1.165, 1.54) is 16.7 Å². The lowest BCUT2D eigenvalue weighted by molar-refractivity contribution is 1.37. The fraction of sp³-hybridized carbons (Fsp3) is 0.125. The van der Waals surface area contributed by atoms with Crippen molar-refractivity contribution in [2.75, 3.05) is 5.73 Å². The minimum absolute atomic E-state index is 0.842. The number of rotatable bonds is 2. The van der Waals surface area contributed by atoms with Gasteiger partial charge in [0.15, 0.2) is 0 Å². The maximum Gasteiger partial charge on any atom is 0.0392 e. The van der Waals surface area contributed by atoms with Gasteiger partial charge in [-0.25, -0.2) is 0 Å². The Hall–Kier alpha value is -2.02. The SMILES string of the molecule is Cc1cc(C)c(C=Cc2ccccc2)c(N)c1. The summed E-state index contributed by atoms with van der Waals surface area (Å²) in [5.74, 6) is 0. The normalized spacial score (nSPS) is 10.9. The molecule has 2 aromatic rings. The molecule has 1 heteroatoms. The Morgan fingerprint density at radius 1 is 0.941 bits per heavy atom. The number of hydrogen-bond donors (Lipinski definition) is 1. The van der Waals surface area contributed by atoms with Crippen LogP contribution in [0.4, 0.5) is 5.69 Å². The molecule has 17 heavy (non-hydrogen) atoms. The molecule has 2 N–H and O–H groups in total. The first-order chi connectivity index (χ1) is 8.16. The molecular weight excluding hydrogens is 206 g/mol. The second-order valence-electron chi connectivity index (χ2n) is 4.33. The van der Waals surface area contributed by atoms with Gasteiger partial charge in [-0.3, -0.25) is 0 Å². The first-order valence-corrected chi connectivity index (χ1v) is 5.76. The molecule has 0 heterocycles. The second-order valence-corrected chi connectivity index (χ2v) is 4.33. The van der Waals surface area contributed by atoms with E-state index in [1.807, 2.05) is 24.3 Å². The first kappa shape index (κ1) is 11.5. The van der Waals surface area contributed by atoms with E-state index in [2.05, 4.69) is 44.2 Å². The number of aryl methyl sites for hydroxylation is 2. The van der Waals surface area contributed by atoms with E-state index in [-0.39, 0.29) is 0 Å². The highest BCUT2D eigenvalue weighted by molar-refractivity contribution is 5.77. The van der Waals surface area contributed by atoms with Crippen LogP contribution in [0.1, 0.15) is 22.3 Å². The van der Waals surface area contributed by atoms with Gasteiger partial charge in [0.1, 0.15) is 0 Å². The Morgan fingerprint density at radius 3 is 2.29 bits per heavy atom. The van der Waals surface area contributed by atoms with E-state index in [1.54, 1.807) is 0 Å². The molecule has 0 atom stereocenters. The van der Waals surface area contributed by atoms with Gasteiger partial charge >= 0.3 is 0 Å². The van der Waals surface area contributed by atoms with Crippen molar-refractivity contribution in [3.8, 4) is 0 Å². The van der Waals surface area contributed by atoms with Crippen LogP contribution in [0.2, 0.25) is 0 Å². The Balaban J connectivity index is 2.34. The molecule has 1 nitrogen and oxygen atoms in total. The second kappa shape index (κ2) is 4.88. The fourth-order valence-electron chi connectivity index (χ4n) is 1.98. The highest BCUT2D eigenvalue weighted by Gasteiger charge is 2.00. The summed E-state index contributed by atoms with van der Waals surface area (Å²) in [6.07, 6.45) is 4.17. The van der Waals surface area contributed by atoms with Gasteiger partial charge in [-0.05, 0) is 36.6 Å². The lowest BCUT2D eigenvalue weighted by Gasteiger charge is -2.06. The number of anilines is 1. The minimum atomic E-state index is 0.842. The molecule has 0 saturated carbocycles. The van der Waals surface area contributed by atoms with Gasteiger partial charge in [0.25, 0.3) is 0 Å². The molecule has 0 spiro atoms. The summed E-state index contributed by atoms with van der Waals surface area (Å²) < 4.78 is 0. The molecule has 0 aromatic heterocycles. The van der Waals surface area contributed by atoms with E-state index < -0.39 is 0 Å². The van der Waals surface area contributed by atoms with Gasteiger partial charge in [-0.2, -0.15) is 0 Å². The van der Waals surface area contributed by atoms with Gasteiger partial charge in [-0.15, -0.1) is 0 Å². The summed E-state index contributed by atoms with van der Waals surface area (Å²) in [4.78, 5) is 0. The van der Waals surface area contributed by atoms with E-state index in [0.29, 0.717) is 0 Å². The quantitative estimate of drug-likeness (QED) is 0.603. The number of nitrogen functional groups attached to an aromatic ring is 1. The zero-order valence-electron chi connectivity index (χ0n) is 10.3. The summed E-state index contributed by atoms with van der Waals surface area (Å²) >= 11 is 0. The van der Waals surface area contributed by atoms with Crippen LogP contribution in [0.5, 0.6) is 0 Å². The highest BCUT2D eigenvalue weighted by atomic mass is 14.6. The maximum absolute atomic E-state index is 6.04. The van der Waals surface area contributed by atoms with Gasteiger partial charge in [0.2, 0.25) is 0 Å². The van der Waals surface area contributed by atoms with Crippen molar-refractivity contribution >= 4 is 17.8 Å². The molecule has 0 aliphatic heterocycles. The van der Waals surface area contributed by atoms with Gasteiger partial charge in [0, 0.05) is 11.3 Å². The van der Waals surface area contributed by atoms with Crippen LogP contribution >= 0.6 is 0 Å². The summed E-state index contributed by atoms with van der Waals surface area (Å²) in [5, 5.41) is 0. The van der Waals surface area contributed by atoms with E-state index in [4.69, 9.17) is 5.73 Å². The van der Waals surface area contributed by atoms with Crippen molar-refractivity contribution < 1.29 is 0 Å². The predicted molar refractivity (Wildman–Crippen MR) is 75.7 cm³/mol.